The second-order valence-electron chi connectivity index (χ2n) is 5.66. The molecule has 0 unspecified atom stereocenters. The highest BCUT2D eigenvalue weighted by Crippen LogP contribution is 2.28. The average molecular weight is 448 g/mol. The summed E-state index contributed by atoms with van der Waals surface area (Å²) in [5.41, 5.74) is 0.645. The number of halogens is 4. The third kappa shape index (κ3) is 5.96. The summed E-state index contributed by atoms with van der Waals surface area (Å²) in [7, 11) is -1.12. The van der Waals surface area contributed by atoms with E-state index in [1.54, 1.807) is 12.1 Å². The molecule has 2 rings (SSSR count). The van der Waals surface area contributed by atoms with Crippen molar-refractivity contribution in [2.24, 2.45) is 10.1 Å². The molecule has 0 atom stereocenters. The third-order valence-corrected chi connectivity index (χ3v) is 4.93. The number of hydrogen-bond donors (Lipinski definition) is 1. The highest BCUT2D eigenvalue weighted by atomic mass is 35.5. The van der Waals surface area contributed by atoms with E-state index in [0.29, 0.717) is 11.3 Å². The first-order chi connectivity index (χ1) is 13.5. The van der Waals surface area contributed by atoms with Crippen LogP contribution in [0.3, 0.4) is 0 Å². The number of alkyl halides is 3. The minimum Gasteiger partial charge on any atom is -0.495 e. The third-order valence-electron chi connectivity index (χ3n) is 3.71. The summed E-state index contributed by atoms with van der Waals surface area (Å²) >= 11 is 6.12. The van der Waals surface area contributed by atoms with Crippen molar-refractivity contribution < 1.29 is 26.3 Å². The van der Waals surface area contributed by atoms with Crippen LogP contribution < -0.4 is 14.8 Å². The van der Waals surface area contributed by atoms with E-state index < -0.39 is 16.2 Å². The average Bonchev–Trinajstić information content (AvgIpc) is 2.63. The number of amidine groups is 1. The maximum atomic E-state index is 12.8. The summed E-state index contributed by atoms with van der Waals surface area (Å²) in [6.45, 7) is 0. The molecule has 0 amide bonds. The smallest absolute Gasteiger partial charge is 0.411 e. The Morgan fingerprint density at radius 1 is 1.21 bits per heavy atom. The van der Waals surface area contributed by atoms with Gasteiger partial charge in [0.2, 0.25) is 10.0 Å². The molecule has 6 nitrogen and oxygen atoms in total. The normalized spacial score (nSPS) is 13.0. The molecule has 0 aliphatic carbocycles. The van der Waals surface area contributed by atoms with Crippen LogP contribution in [0.5, 0.6) is 5.75 Å². The van der Waals surface area contributed by atoms with E-state index in [1.165, 1.54) is 44.5 Å². The highest BCUT2D eigenvalue weighted by Gasteiger charge is 2.24. The summed E-state index contributed by atoms with van der Waals surface area (Å²) < 4.78 is 66.3. The standard InChI is InChI=1S/C18H17ClF3N3O3S/c1-24-17(12-3-8-16(28-2)15(19)11-12)25(10-9-18(20,21)22)13-4-6-14(7-5-13)29(23,26)27/h3-11H,1-2H3,(H2,23,26,27)/b10-9+,24-17?. The van der Waals surface area contributed by atoms with Crippen molar-refractivity contribution in [3.63, 3.8) is 0 Å². The lowest BCUT2D eigenvalue weighted by Crippen LogP contribution is -2.27. The molecule has 0 fully saturated rings. The van der Waals surface area contributed by atoms with Crippen LogP contribution in [0.25, 0.3) is 0 Å². The number of benzene rings is 2. The molecule has 2 aromatic carbocycles. The molecule has 0 bridgehead atoms. The Bertz CT molecular complexity index is 1040. The van der Waals surface area contributed by atoms with Gasteiger partial charge in [-0.1, -0.05) is 11.6 Å². The molecule has 0 heterocycles. The van der Waals surface area contributed by atoms with Gasteiger partial charge in [-0.05, 0) is 42.5 Å². The molecule has 0 spiro atoms. The van der Waals surface area contributed by atoms with E-state index in [9.17, 15) is 21.6 Å². The van der Waals surface area contributed by atoms with Crippen LogP contribution in [0, 0.1) is 0 Å². The molecule has 29 heavy (non-hydrogen) atoms. The molecule has 0 aromatic heterocycles. The van der Waals surface area contributed by atoms with Crippen LogP contribution in [-0.4, -0.2) is 34.6 Å². The fraction of sp³-hybridized carbons (Fsp3) is 0.167. The molecule has 0 aliphatic rings. The molecule has 156 valence electrons. The summed E-state index contributed by atoms with van der Waals surface area (Å²) in [5, 5.41) is 5.31. The molecule has 11 heteroatoms. The molecule has 0 aliphatic heterocycles. The number of sulfonamides is 1. The number of allylic oxidation sites excluding steroid dienone is 1. The first kappa shape index (κ1) is 22.7. The van der Waals surface area contributed by atoms with Gasteiger partial charge in [-0.15, -0.1) is 0 Å². The number of hydrogen-bond acceptors (Lipinski definition) is 4. The van der Waals surface area contributed by atoms with Gasteiger partial charge < -0.3 is 9.64 Å². The van der Waals surface area contributed by atoms with Gasteiger partial charge in [0.15, 0.2) is 0 Å². The molecule has 0 saturated heterocycles. The lowest BCUT2D eigenvalue weighted by Gasteiger charge is -2.23. The predicted octanol–water partition coefficient (Wildman–Crippen LogP) is 3.96. The molecular formula is C18H17ClF3N3O3S. The number of rotatable bonds is 5. The first-order valence-corrected chi connectivity index (χ1v) is 9.87. The van der Waals surface area contributed by atoms with Crippen molar-refractivity contribution in [1.29, 1.82) is 0 Å². The van der Waals surface area contributed by atoms with Gasteiger partial charge in [-0.2, -0.15) is 13.2 Å². The lowest BCUT2D eigenvalue weighted by molar-refractivity contribution is -0.0799. The largest absolute Gasteiger partial charge is 0.495 e. The van der Waals surface area contributed by atoms with Crippen LogP contribution in [0.1, 0.15) is 5.56 Å². The van der Waals surface area contributed by atoms with Crippen LogP contribution in [0.4, 0.5) is 18.9 Å². The van der Waals surface area contributed by atoms with Crippen molar-refractivity contribution in [3.05, 3.63) is 65.3 Å². The first-order valence-electron chi connectivity index (χ1n) is 7.95. The Hall–Kier alpha value is -2.56. The van der Waals surface area contributed by atoms with Gasteiger partial charge in [-0.25, -0.2) is 13.6 Å². The van der Waals surface area contributed by atoms with Crippen molar-refractivity contribution in [1.82, 2.24) is 0 Å². The number of anilines is 1. The second kappa shape index (κ2) is 8.85. The maximum Gasteiger partial charge on any atom is 0.411 e. The number of primary sulfonamides is 1. The number of ether oxygens (including phenoxy) is 1. The molecule has 0 saturated carbocycles. The molecule has 2 aromatic rings. The zero-order valence-electron chi connectivity index (χ0n) is 15.3. The summed E-state index contributed by atoms with van der Waals surface area (Å²) in [6.07, 6.45) is -3.75. The SMILES string of the molecule is CN=C(c1ccc(OC)c(Cl)c1)N(/C=C/C(F)(F)F)c1ccc(S(N)(=O)=O)cc1. The summed E-state index contributed by atoms with van der Waals surface area (Å²) in [5.74, 6) is 0.527. The van der Waals surface area contributed by atoms with E-state index in [1.807, 2.05) is 0 Å². The molecule has 2 N–H and O–H groups in total. The summed E-state index contributed by atoms with van der Waals surface area (Å²) in [6, 6.07) is 9.64. The van der Waals surface area contributed by atoms with Gasteiger partial charge in [-0.3, -0.25) is 4.99 Å². The van der Waals surface area contributed by atoms with Crippen LogP contribution in [0.15, 0.2) is 64.6 Å². The van der Waals surface area contributed by atoms with Crippen LogP contribution >= 0.6 is 11.6 Å². The Morgan fingerprint density at radius 2 is 1.83 bits per heavy atom. The number of nitrogens with two attached hydrogens (primary N) is 1. The quantitative estimate of drug-likeness (QED) is 0.555. The Kier molecular flexibility index (Phi) is 6.93. The number of nitrogens with zero attached hydrogens (tertiary/aromatic N) is 2. The van der Waals surface area contributed by atoms with Gasteiger partial charge in [0, 0.05) is 30.6 Å². The fourth-order valence-electron chi connectivity index (χ4n) is 2.42. The van der Waals surface area contributed by atoms with E-state index in [4.69, 9.17) is 21.5 Å². The van der Waals surface area contributed by atoms with Gasteiger partial charge in [0.05, 0.1) is 17.0 Å². The zero-order valence-corrected chi connectivity index (χ0v) is 16.9. The Labute approximate surface area is 171 Å². The predicted molar refractivity (Wildman–Crippen MR) is 106 cm³/mol. The van der Waals surface area contributed by atoms with Crippen molar-refractivity contribution in [3.8, 4) is 5.75 Å². The van der Waals surface area contributed by atoms with E-state index in [-0.39, 0.29) is 27.5 Å². The van der Waals surface area contributed by atoms with Crippen molar-refractivity contribution in [2.45, 2.75) is 11.1 Å². The van der Waals surface area contributed by atoms with Gasteiger partial charge in [0.25, 0.3) is 0 Å². The Balaban J connectivity index is 2.57. The Morgan fingerprint density at radius 3 is 2.28 bits per heavy atom. The van der Waals surface area contributed by atoms with Crippen molar-refractivity contribution >= 4 is 33.1 Å². The van der Waals surface area contributed by atoms with Crippen LogP contribution in [0.2, 0.25) is 5.02 Å². The van der Waals surface area contributed by atoms with E-state index in [2.05, 4.69) is 4.99 Å². The van der Waals surface area contributed by atoms with E-state index >= 15 is 0 Å². The highest BCUT2D eigenvalue weighted by molar-refractivity contribution is 7.89. The van der Waals surface area contributed by atoms with E-state index in [0.717, 1.165) is 11.1 Å². The maximum absolute atomic E-state index is 12.8. The second-order valence-corrected chi connectivity index (χ2v) is 7.63. The number of aliphatic imine (C=N–C) groups is 1. The van der Waals surface area contributed by atoms with Crippen LogP contribution in [-0.2, 0) is 10.0 Å². The minimum atomic E-state index is -4.57. The minimum absolute atomic E-state index is 0.0386. The molecule has 0 radical (unpaired) electrons. The molecular weight excluding hydrogens is 431 g/mol. The fourth-order valence-corrected chi connectivity index (χ4v) is 3.19. The monoisotopic (exact) mass is 447 g/mol. The van der Waals surface area contributed by atoms with Crippen molar-refractivity contribution in [2.75, 3.05) is 19.1 Å². The lowest BCUT2D eigenvalue weighted by atomic mass is 10.1. The van der Waals surface area contributed by atoms with Gasteiger partial charge in [0.1, 0.15) is 11.6 Å². The topological polar surface area (TPSA) is 85.0 Å². The zero-order chi connectivity index (χ0) is 21.8. The van der Waals surface area contributed by atoms with Gasteiger partial charge >= 0.3 is 6.18 Å². The number of methoxy groups -OCH3 is 1. The summed E-state index contributed by atoms with van der Waals surface area (Å²) in [4.78, 5) is 5.06.